The summed E-state index contributed by atoms with van der Waals surface area (Å²) in [7, 11) is 0. The van der Waals surface area contributed by atoms with E-state index in [-0.39, 0.29) is 43.8 Å². The van der Waals surface area contributed by atoms with E-state index in [0.717, 1.165) is 0 Å². The standard InChI is InChI=1S/C4H5ClO4.Na.H/c5-9-4(8)2-1-3(6)7;;/h1-2H2,(H,6,7);;/q;+1;-1. The van der Waals surface area contributed by atoms with E-state index >= 15 is 0 Å². The van der Waals surface area contributed by atoms with Crippen LogP contribution in [0.4, 0.5) is 0 Å². The van der Waals surface area contributed by atoms with Crippen molar-refractivity contribution in [2.45, 2.75) is 12.8 Å². The quantitative estimate of drug-likeness (QED) is 0.490. The van der Waals surface area contributed by atoms with Gasteiger partial charge in [0.1, 0.15) is 11.9 Å². The third-order valence-corrected chi connectivity index (χ3v) is 0.801. The van der Waals surface area contributed by atoms with Crippen LogP contribution in [0.2, 0.25) is 0 Å². The molecule has 0 aliphatic rings. The fourth-order valence-electron chi connectivity index (χ4n) is 0.248. The molecule has 6 heteroatoms. The van der Waals surface area contributed by atoms with Crippen LogP contribution in [0.15, 0.2) is 0 Å². The molecule has 4 nitrogen and oxygen atoms in total. The monoisotopic (exact) mass is 176 g/mol. The summed E-state index contributed by atoms with van der Waals surface area (Å²) in [6.45, 7) is 0. The fourth-order valence-corrected chi connectivity index (χ4v) is 0.325. The van der Waals surface area contributed by atoms with E-state index in [9.17, 15) is 9.59 Å². The van der Waals surface area contributed by atoms with Gasteiger partial charge in [0.05, 0.1) is 12.8 Å². The molecule has 0 aliphatic heterocycles. The number of carbonyl (C=O) groups is 2. The first-order valence-electron chi connectivity index (χ1n) is 2.20. The van der Waals surface area contributed by atoms with Crippen LogP contribution < -0.4 is 29.6 Å². The Bertz CT molecular complexity index is 131. The predicted octanol–water partition coefficient (Wildman–Crippen LogP) is -2.34. The number of rotatable bonds is 3. The van der Waals surface area contributed by atoms with Crippen LogP contribution in [0.5, 0.6) is 0 Å². The number of halogens is 1. The van der Waals surface area contributed by atoms with Gasteiger partial charge in [-0.2, -0.15) is 0 Å². The average molecular weight is 177 g/mol. The van der Waals surface area contributed by atoms with E-state index in [1.165, 1.54) is 0 Å². The molecule has 0 aromatic rings. The zero-order chi connectivity index (χ0) is 7.28. The molecule has 0 heterocycles. The van der Waals surface area contributed by atoms with E-state index < -0.39 is 11.9 Å². The Balaban J connectivity index is -0.000000320. The summed E-state index contributed by atoms with van der Waals surface area (Å²) in [5.74, 6) is -1.77. The van der Waals surface area contributed by atoms with Gasteiger partial charge < -0.3 is 10.8 Å². The van der Waals surface area contributed by atoms with Crippen molar-refractivity contribution in [1.29, 1.82) is 0 Å². The van der Waals surface area contributed by atoms with Gasteiger partial charge in [-0.1, -0.05) is 0 Å². The van der Waals surface area contributed by atoms with Gasteiger partial charge in [-0.3, -0.25) is 9.59 Å². The second-order valence-electron chi connectivity index (χ2n) is 1.34. The van der Waals surface area contributed by atoms with Crippen molar-refractivity contribution in [2.24, 2.45) is 0 Å². The summed E-state index contributed by atoms with van der Waals surface area (Å²) in [5, 5.41) is 8.01. The van der Waals surface area contributed by atoms with Gasteiger partial charge in [0, 0.05) is 0 Å². The average Bonchev–Trinajstić information content (AvgIpc) is 1.83. The van der Waals surface area contributed by atoms with Gasteiger partial charge in [-0.25, -0.2) is 0 Å². The van der Waals surface area contributed by atoms with Crippen molar-refractivity contribution >= 4 is 23.8 Å². The normalized spacial score (nSPS) is 7.70. The van der Waals surface area contributed by atoms with Crippen LogP contribution in [-0.2, 0) is 13.9 Å². The van der Waals surface area contributed by atoms with Crippen molar-refractivity contribution in [2.75, 3.05) is 0 Å². The minimum atomic E-state index is -1.04. The second-order valence-corrected chi connectivity index (χ2v) is 1.50. The van der Waals surface area contributed by atoms with Crippen molar-refractivity contribution in [3.05, 3.63) is 0 Å². The molecule has 1 N–H and O–H groups in total. The smallest absolute Gasteiger partial charge is 1.00 e. The molecule has 0 saturated heterocycles. The molecule has 54 valence electrons. The van der Waals surface area contributed by atoms with Gasteiger partial charge in [0.25, 0.3) is 0 Å². The van der Waals surface area contributed by atoms with Gasteiger partial charge >= 0.3 is 41.5 Å². The van der Waals surface area contributed by atoms with Gasteiger partial charge in [-0.15, -0.1) is 0 Å². The Morgan fingerprint density at radius 2 is 2.00 bits per heavy atom. The first kappa shape index (κ1) is 12.9. The van der Waals surface area contributed by atoms with Crippen LogP contribution >= 0.6 is 11.9 Å². The molecule has 0 radical (unpaired) electrons. The molecule has 0 aromatic carbocycles. The topological polar surface area (TPSA) is 63.6 Å². The van der Waals surface area contributed by atoms with Gasteiger partial charge in [0.15, 0.2) is 0 Å². The molecule has 0 saturated carbocycles. The van der Waals surface area contributed by atoms with Crippen molar-refractivity contribution in [3.63, 3.8) is 0 Å². The largest absolute Gasteiger partial charge is 1.00 e. The summed E-state index contributed by atoms with van der Waals surface area (Å²) >= 11 is 4.59. The molecule has 0 rings (SSSR count). The molecule has 0 fully saturated rings. The number of hydrogen-bond donors (Lipinski definition) is 1. The van der Waals surface area contributed by atoms with Crippen LogP contribution in [0, 0.1) is 0 Å². The molecule has 10 heavy (non-hydrogen) atoms. The minimum Gasteiger partial charge on any atom is -1.00 e. The van der Waals surface area contributed by atoms with E-state index in [1.54, 1.807) is 0 Å². The summed E-state index contributed by atoms with van der Waals surface area (Å²) in [6.07, 6.45) is -0.426. The molecule has 0 aromatic heterocycles. The van der Waals surface area contributed by atoms with Crippen molar-refractivity contribution in [1.82, 2.24) is 0 Å². The van der Waals surface area contributed by atoms with Gasteiger partial charge in [0.2, 0.25) is 0 Å². The van der Waals surface area contributed by atoms with E-state index in [2.05, 4.69) is 16.2 Å². The zero-order valence-electron chi connectivity index (χ0n) is 6.46. The molecule has 0 amide bonds. The number of carboxylic acids is 1. The molecular formula is C4H6ClNaO4. The predicted molar refractivity (Wildman–Crippen MR) is 29.9 cm³/mol. The Kier molecular flexibility index (Phi) is 9.44. The van der Waals surface area contributed by atoms with Crippen LogP contribution in [0.1, 0.15) is 14.3 Å². The van der Waals surface area contributed by atoms with Crippen LogP contribution in [0.3, 0.4) is 0 Å². The molecule has 0 spiro atoms. The summed E-state index contributed by atoms with van der Waals surface area (Å²) in [5.41, 5.74) is 0. The number of aliphatic carboxylic acids is 1. The van der Waals surface area contributed by atoms with Crippen LogP contribution in [0.25, 0.3) is 0 Å². The SMILES string of the molecule is O=C(O)CCC(=O)OCl.[H-].[Na+]. The maximum absolute atomic E-state index is 10.1. The summed E-state index contributed by atoms with van der Waals surface area (Å²) in [6, 6.07) is 0. The van der Waals surface area contributed by atoms with Crippen LogP contribution in [-0.4, -0.2) is 17.0 Å². The first-order chi connectivity index (χ1) is 4.16. The summed E-state index contributed by atoms with van der Waals surface area (Å²) in [4.78, 5) is 19.9. The first-order valence-corrected chi connectivity index (χ1v) is 2.51. The molecular weight excluding hydrogens is 170 g/mol. The Hall–Kier alpha value is 0.230. The fraction of sp³-hybridized carbons (Fsp3) is 0.500. The molecule has 0 aliphatic carbocycles. The van der Waals surface area contributed by atoms with E-state index in [0.29, 0.717) is 0 Å². The van der Waals surface area contributed by atoms with Crippen molar-refractivity contribution < 1.29 is 50.0 Å². The number of hydrogen-bond acceptors (Lipinski definition) is 3. The third-order valence-electron chi connectivity index (χ3n) is 0.629. The minimum absolute atomic E-state index is 0. The third kappa shape index (κ3) is 8.23. The molecule has 0 atom stereocenters. The Morgan fingerprint density at radius 3 is 2.30 bits per heavy atom. The molecule has 0 bridgehead atoms. The second kappa shape index (κ2) is 7.34. The Morgan fingerprint density at radius 1 is 1.50 bits per heavy atom. The zero-order valence-corrected chi connectivity index (χ0v) is 8.22. The van der Waals surface area contributed by atoms with E-state index in [4.69, 9.17) is 5.11 Å². The van der Waals surface area contributed by atoms with E-state index in [1.807, 2.05) is 0 Å². The molecule has 0 unspecified atom stereocenters. The number of carbonyl (C=O) groups excluding carboxylic acids is 1. The maximum Gasteiger partial charge on any atom is 1.00 e. The maximum atomic E-state index is 10.1. The Labute approximate surface area is 86.4 Å². The summed E-state index contributed by atoms with van der Waals surface area (Å²) < 4.78 is 3.67. The van der Waals surface area contributed by atoms with Crippen molar-refractivity contribution in [3.8, 4) is 0 Å². The van der Waals surface area contributed by atoms with Gasteiger partial charge in [-0.05, 0) is 0 Å². The number of carboxylic acid groups (broad SMARTS) is 1.